The highest BCUT2D eigenvalue weighted by molar-refractivity contribution is 8.15. The van der Waals surface area contributed by atoms with Gasteiger partial charge in [-0.05, 0) is 26.2 Å². The Morgan fingerprint density at radius 1 is 1.56 bits per heavy atom. The molecule has 1 fully saturated rings. The van der Waals surface area contributed by atoms with E-state index in [-0.39, 0.29) is 5.91 Å². The zero-order valence-corrected chi connectivity index (χ0v) is 10.3. The first kappa shape index (κ1) is 11.5. The summed E-state index contributed by atoms with van der Waals surface area (Å²) in [5.41, 5.74) is 2.83. The van der Waals surface area contributed by atoms with E-state index >= 15 is 0 Å². The zero-order valence-electron chi connectivity index (χ0n) is 9.45. The molecule has 1 saturated heterocycles. The first-order chi connectivity index (χ1) is 7.74. The third-order valence-corrected chi connectivity index (χ3v) is 3.55. The summed E-state index contributed by atoms with van der Waals surface area (Å²) in [6, 6.07) is 0. The molecular formula is C12H16N2OS. The van der Waals surface area contributed by atoms with E-state index in [1.54, 1.807) is 0 Å². The number of thioether (sulfide) groups is 1. The second-order valence-electron chi connectivity index (χ2n) is 4.06. The van der Waals surface area contributed by atoms with Gasteiger partial charge in [0, 0.05) is 6.54 Å². The number of carbonyl (C=O) groups excluding carboxylic acids is 1. The Kier molecular flexibility index (Phi) is 3.83. The number of amides is 1. The fourth-order valence-electron chi connectivity index (χ4n) is 1.85. The van der Waals surface area contributed by atoms with Crippen molar-refractivity contribution in [2.45, 2.75) is 26.2 Å². The molecule has 16 heavy (non-hydrogen) atoms. The van der Waals surface area contributed by atoms with E-state index in [1.807, 2.05) is 0 Å². The lowest BCUT2D eigenvalue weighted by Crippen LogP contribution is -2.20. The van der Waals surface area contributed by atoms with E-state index in [9.17, 15) is 4.79 Å². The fraction of sp³-hybridized carbons (Fsp3) is 0.500. The maximum absolute atomic E-state index is 10.9. The van der Waals surface area contributed by atoms with Crippen LogP contribution < -0.4 is 5.32 Å². The van der Waals surface area contributed by atoms with Crippen LogP contribution in [-0.2, 0) is 4.79 Å². The van der Waals surface area contributed by atoms with Gasteiger partial charge in [0.1, 0.15) is 0 Å². The first-order valence-corrected chi connectivity index (χ1v) is 6.56. The normalized spacial score (nSPS) is 23.1. The Labute approximate surface area is 100 Å². The van der Waals surface area contributed by atoms with Gasteiger partial charge in [-0.1, -0.05) is 35.1 Å². The zero-order chi connectivity index (χ0) is 11.4. The van der Waals surface area contributed by atoms with Crippen LogP contribution in [0.1, 0.15) is 26.2 Å². The van der Waals surface area contributed by atoms with Crippen molar-refractivity contribution >= 4 is 22.8 Å². The van der Waals surface area contributed by atoms with Crippen molar-refractivity contribution in [3.05, 3.63) is 23.3 Å². The quantitative estimate of drug-likeness (QED) is 0.816. The van der Waals surface area contributed by atoms with Gasteiger partial charge in [0.05, 0.1) is 5.75 Å². The van der Waals surface area contributed by atoms with Gasteiger partial charge in [0.25, 0.3) is 0 Å². The van der Waals surface area contributed by atoms with E-state index in [1.165, 1.54) is 22.9 Å². The number of hydrogen-bond donors (Lipinski definition) is 1. The van der Waals surface area contributed by atoms with Gasteiger partial charge in [0.2, 0.25) is 5.91 Å². The third-order valence-electron chi connectivity index (χ3n) is 2.64. The predicted octanol–water partition coefficient (Wildman–Crippen LogP) is 2.26. The third kappa shape index (κ3) is 3.23. The molecular weight excluding hydrogens is 220 g/mol. The van der Waals surface area contributed by atoms with Crippen LogP contribution in [0.15, 0.2) is 28.3 Å². The second kappa shape index (κ2) is 5.34. The Hall–Kier alpha value is -1.03. The summed E-state index contributed by atoms with van der Waals surface area (Å²) in [7, 11) is 0. The molecule has 1 N–H and O–H groups in total. The van der Waals surface area contributed by atoms with Gasteiger partial charge in [-0.2, -0.15) is 0 Å². The van der Waals surface area contributed by atoms with E-state index in [0.717, 1.165) is 31.0 Å². The molecule has 0 atom stereocenters. The minimum absolute atomic E-state index is 0.0689. The smallest absolute Gasteiger partial charge is 0.236 e. The van der Waals surface area contributed by atoms with Crippen LogP contribution in [0.25, 0.3) is 0 Å². The van der Waals surface area contributed by atoms with E-state index < -0.39 is 0 Å². The number of carbonyl (C=O) groups is 1. The Bertz CT molecular complexity index is 382. The minimum atomic E-state index is 0.0689. The molecule has 0 aromatic heterocycles. The largest absolute Gasteiger partial charge is 0.305 e. The topological polar surface area (TPSA) is 41.5 Å². The van der Waals surface area contributed by atoms with Crippen molar-refractivity contribution in [1.29, 1.82) is 0 Å². The van der Waals surface area contributed by atoms with E-state index in [4.69, 9.17) is 0 Å². The van der Waals surface area contributed by atoms with Gasteiger partial charge in [-0.15, -0.1) is 0 Å². The molecule has 1 heterocycles. The van der Waals surface area contributed by atoms with Gasteiger partial charge >= 0.3 is 0 Å². The second-order valence-corrected chi connectivity index (χ2v) is 5.03. The maximum Gasteiger partial charge on any atom is 0.236 e. The van der Waals surface area contributed by atoms with Crippen molar-refractivity contribution in [3.63, 3.8) is 0 Å². The van der Waals surface area contributed by atoms with Crippen LogP contribution in [0.3, 0.4) is 0 Å². The summed E-state index contributed by atoms with van der Waals surface area (Å²) in [6.07, 6.45) is 7.83. The standard InChI is InChI=1S/C12H16N2OS/c1-9-3-2-4-10(7-9)5-6-13-12-14-11(15)8-16-12/h3,7H,2,4-6,8H2,1H3,(H,13,14,15). The lowest BCUT2D eigenvalue weighted by Gasteiger charge is -2.10. The summed E-state index contributed by atoms with van der Waals surface area (Å²) in [4.78, 5) is 15.3. The molecule has 0 bridgehead atoms. The number of nitrogens with zero attached hydrogens (tertiary/aromatic N) is 1. The molecule has 1 amide bonds. The van der Waals surface area contributed by atoms with Crippen LogP contribution in [-0.4, -0.2) is 23.4 Å². The van der Waals surface area contributed by atoms with Gasteiger partial charge < -0.3 is 5.32 Å². The van der Waals surface area contributed by atoms with E-state index in [2.05, 4.69) is 29.4 Å². The highest BCUT2D eigenvalue weighted by Gasteiger charge is 2.15. The number of allylic oxidation sites excluding steroid dienone is 3. The van der Waals surface area contributed by atoms with Crippen molar-refractivity contribution in [3.8, 4) is 0 Å². The summed E-state index contributed by atoms with van der Waals surface area (Å²) >= 11 is 1.50. The predicted molar refractivity (Wildman–Crippen MR) is 68.6 cm³/mol. The molecule has 0 saturated carbocycles. The monoisotopic (exact) mass is 236 g/mol. The molecule has 0 spiro atoms. The van der Waals surface area contributed by atoms with Crippen molar-refractivity contribution in [2.75, 3.05) is 12.3 Å². The van der Waals surface area contributed by atoms with Crippen LogP contribution in [0.5, 0.6) is 0 Å². The first-order valence-electron chi connectivity index (χ1n) is 5.57. The molecule has 0 aromatic rings. The van der Waals surface area contributed by atoms with Crippen LogP contribution in [0.4, 0.5) is 0 Å². The molecule has 2 rings (SSSR count). The Morgan fingerprint density at radius 3 is 3.12 bits per heavy atom. The van der Waals surface area contributed by atoms with Crippen molar-refractivity contribution < 1.29 is 4.79 Å². The molecule has 0 unspecified atom stereocenters. The minimum Gasteiger partial charge on any atom is -0.305 e. The lowest BCUT2D eigenvalue weighted by atomic mass is 9.98. The average Bonchev–Trinajstić information content (AvgIpc) is 2.64. The van der Waals surface area contributed by atoms with Crippen molar-refractivity contribution in [1.82, 2.24) is 5.32 Å². The molecule has 3 nitrogen and oxygen atoms in total. The Morgan fingerprint density at radius 2 is 2.44 bits per heavy atom. The highest BCUT2D eigenvalue weighted by atomic mass is 32.2. The average molecular weight is 236 g/mol. The number of aliphatic imine (C=N–C) groups is 1. The molecule has 2 aliphatic rings. The van der Waals surface area contributed by atoms with Gasteiger partial charge in [-0.25, -0.2) is 0 Å². The van der Waals surface area contributed by atoms with Crippen LogP contribution in [0, 0.1) is 0 Å². The molecule has 1 aliphatic heterocycles. The summed E-state index contributed by atoms with van der Waals surface area (Å²) < 4.78 is 0. The number of rotatable bonds is 3. The molecule has 0 radical (unpaired) electrons. The number of amidine groups is 1. The molecule has 86 valence electrons. The summed E-state index contributed by atoms with van der Waals surface area (Å²) in [5.74, 6) is 0.586. The van der Waals surface area contributed by atoms with Gasteiger partial charge in [0.15, 0.2) is 5.17 Å². The highest BCUT2D eigenvalue weighted by Crippen LogP contribution is 2.19. The summed E-state index contributed by atoms with van der Waals surface area (Å²) in [5, 5.41) is 3.53. The Balaban J connectivity index is 1.80. The van der Waals surface area contributed by atoms with Crippen LogP contribution in [0.2, 0.25) is 0 Å². The van der Waals surface area contributed by atoms with Crippen molar-refractivity contribution in [2.24, 2.45) is 4.99 Å². The number of nitrogens with one attached hydrogen (secondary N) is 1. The maximum atomic E-state index is 10.9. The lowest BCUT2D eigenvalue weighted by molar-refractivity contribution is -0.116. The molecule has 4 heteroatoms. The SMILES string of the molecule is CC1=CCCC(CCN=C2NC(=O)CS2)=C1. The molecule has 1 aliphatic carbocycles. The number of hydrogen-bond acceptors (Lipinski definition) is 3. The summed E-state index contributed by atoms with van der Waals surface area (Å²) in [6.45, 7) is 2.92. The van der Waals surface area contributed by atoms with E-state index in [0.29, 0.717) is 5.75 Å². The fourth-order valence-corrected chi connectivity index (χ4v) is 2.56. The van der Waals surface area contributed by atoms with Gasteiger partial charge in [-0.3, -0.25) is 9.79 Å². The molecule has 0 aromatic carbocycles. The van der Waals surface area contributed by atoms with Crippen LogP contribution >= 0.6 is 11.8 Å².